The minimum absolute atomic E-state index is 0.381. The number of rotatable bonds is 18. The van der Waals surface area contributed by atoms with Crippen LogP contribution >= 0.6 is 0 Å². The molecule has 23 heavy (non-hydrogen) atoms. The van der Waals surface area contributed by atoms with Gasteiger partial charge in [0.25, 0.3) is 0 Å². The van der Waals surface area contributed by atoms with Crippen molar-refractivity contribution in [1.29, 1.82) is 0 Å². The second kappa shape index (κ2) is 16.7. The summed E-state index contributed by atoms with van der Waals surface area (Å²) in [6.07, 6.45) is 15.6. The van der Waals surface area contributed by atoms with Crippen molar-refractivity contribution in [1.82, 2.24) is 0 Å². The molecule has 140 valence electrons. The summed E-state index contributed by atoms with van der Waals surface area (Å²) in [7, 11) is -2.82. The number of unbranched alkanes of at least 4 members (excludes halogenated alkanes) is 12. The summed E-state index contributed by atoms with van der Waals surface area (Å²) in [5.74, 6) is 0.762. The molecule has 0 saturated heterocycles. The molecule has 0 aromatic rings. The van der Waals surface area contributed by atoms with Crippen molar-refractivity contribution in [2.75, 3.05) is 24.6 Å². The topological polar surface area (TPSA) is 86.2 Å². The van der Waals surface area contributed by atoms with Gasteiger partial charge in [0.1, 0.15) is 9.84 Å². The minimum Gasteiger partial charge on any atom is -0.330 e. The predicted molar refractivity (Wildman–Crippen MR) is 101 cm³/mol. The van der Waals surface area contributed by atoms with E-state index in [0.717, 1.165) is 64.5 Å². The Balaban J connectivity index is 3.37. The number of sulfone groups is 1. The summed E-state index contributed by atoms with van der Waals surface area (Å²) in [4.78, 5) is 0. The van der Waals surface area contributed by atoms with E-state index in [1.165, 1.54) is 38.5 Å². The lowest BCUT2D eigenvalue weighted by Gasteiger charge is -2.05. The Kier molecular flexibility index (Phi) is 16.6. The van der Waals surface area contributed by atoms with Crippen LogP contribution in [-0.4, -0.2) is 33.0 Å². The molecule has 0 aromatic heterocycles. The molecule has 0 aliphatic rings. The van der Waals surface area contributed by atoms with E-state index in [1.54, 1.807) is 0 Å². The molecule has 0 aliphatic carbocycles. The Morgan fingerprint density at radius 1 is 0.435 bits per heavy atom. The molecule has 0 radical (unpaired) electrons. The van der Waals surface area contributed by atoms with Crippen molar-refractivity contribution >= 4 is 9.84 Å². The Hall–Kier alpha value is -0.130. The maximum absolute atomic E-state index is 12.0. The fourth-order valence-corrected chi connectivity index (χ4v) is 4.29. The van der Waals surface area contributed by atoms with Crippen LogP contribution < -0.4 is 11.5 Å². The third-order valence-electron chi connectivity index (χ3n) is 4.32. The van der Waals surface area contributed by atoms with Crippen molar-refractivity contribution in [3.05, 3.63) is 0 Å². The van der Waals surface area contributed by atoms with Crippen molar-refractivity contribution in [2.24, 2.45) is 11.5 Å². The standard InChI is InChI=1S/C18H40N2O2S/c19-15-11-7-3-1-5-9-13-17-23(21,22)18-14-10-6-2-4-8-12-16-20/h1-20H2. The van der Waals surface area contributed by atoms with Crippen LogP contribution in [-0.2, 0) is 9.84 Å². The number of hydrogen-bond donors (Lipinski definition) is 2. The van der Waals surface area contributed by atoms with E-state index in [9.17, 15) is 8.42 Å². The molecule has 5 heteroatoms. The molecule has 0 atom stereocenters. The first-order chi connectivity index (χ1) is 11.1. The quantitative estimate of drug-likeness (QED) is 0.369. The lowest BCUT2D eigenvalue weighted by atomic mass is 10.1. The molecular weight excluding hydrogens is 308 g/mol. The van der Waals surface area contributed by atoms with Crippen molar-refractivity contribution in [3.63, 3.8) is 0 Å². The fraction of sp³-hybridized carbons (Fsp3) is 1.00. The second-order valence-corrected chi connectivity index (χ2v) is 8.98. The molecule has 0 unspecified atom stereocenters. The van der Waals surface area contributed by atoms with E-state index in [-0.39, 0.29) is 0 Å². The first-order valence-electron chi connectivity index (χ1n) is 9.73. The van der Waals surface area contributed by atoms with Crippen molar-refractivity contribution in [3.8, 4) is 0 Å². The summed E-state index contributed by atoms with van der Waals surface area (Å²) in [5, 5.41) is 0. The Morgan fingerprint density at radius 2 is 0.696 bits per heavy atom. The molecule has 0 spiro atoms. The summed E-state index contributed by atoms with van der Waals surface area (Å²) in [6.45, 7) is 1.57. The SMILES string of the molecule is NCCCCCCCCCS(=O)(=O)CCCCCCCCCN. The van der Waals surface area contributed by atoms with Gasteiger partial charge in [0.2, 0.25) is 0 Å². The molecule has 0 aromatic carbocycles. The maximum atomic E-state index is 12.0. The van der Waals surface area contributed by atoms with Crippen LogP contribution in [0.15, 0.2) is 0 Å². The van der Waals surface area contributed by atoms with Crippen LogP contribution in [0.2, 0.25) is 0 Å². The zero-order chi connectivity index (χ0) is 17.2. The van der Waals surface area contributed by atoms with E-state index in [4.69, 9.17) is 11.5 Å². The van der Waals surface area contributed by atoms with Gasteiger partial charge in [0.15, 0.2) is 0 Å². The fourth-order valence-electron chi connectivity index (χ4n) is 2.80. The molecule has 0 amide bonds. The highest BCUT2D eigenvalue weighted by Gasteiger charge is 2.09. The average molecular weight is 349 g/mol. The van der Waals surface area contributed by atoms with Gasteiger partial charge in [-0.15, -0.1) is 0 Å². The Morgan fingerprint density at radius 3 is 1.00 bits per heavy atom. The van der Waals surface area contributed by atoms with Gasteiger partial charge in [-0.05, 0) is 38.8 Å². The van der Waals surface area contributed by atoms with E-state index in [1.807, 2.05) is 0 Å². The Bertz CT molecular complexity index is 306. The van der Waals surface area contributed by atoms with E-state index in [2.05, 4.69) is 0 Å². The smallest absolute Gasteiger partial charge is 0.150 e. The molecular formula is C18H40N2O2S. The normalized spacial score (nSPS) is 11.9. The van der Waals surface area contributed by atoms with Crippen LogP contribution in [0.5, 0.6) is 0 Å². The predicted octanol–water partition coefficient (Wildman–Crippen LogP) is 3.78. The van der Waals surface area contributed by atoms with Crippen LogP contribution in [0, 0.1) is 0 Å². The summed E-state index contributed by atoms with van der Waals surface area (Å²) < 4.78 is 23.9. The van der Waals surface area contributed by atoms with E-state index in [0.29, 0.717) is 11.5 Å². The first kappa shape index (κ1) is 22.9. The van der Waals surface area contributed by atoms with Gasteiger partial charge in [-0.25, -0.2) is 8.42 Å². The number of nitrogens with two attached hydrogens (primary N) is 2. The van der Waals surface area contributed by atoms with Crippen molar-refractivity contribution < 1.29 is 8.42 Å². The lowest BCUT2D eigenvalue weighted by molar-refractivity contribution is 0.567. The summed E-state index contributed by atoms with van der Waals surface area (Å²) in [6, 6.07) is 0. The highest BCUT2D eigenvalue weighted by Crippen LogP contribution is 2.11. The van der Waals surface area contributed by atoms with E-state index < -0.39 is 9.84 Å². The van der Waals surface area contributed by atoms with Gasteiger partial charge in [-0.2, -0.15) is 0 Å². The average Bonchev–Trinajstić information content (AvgIpc) is 2.52. The summed E-state index contributed by atoms with van der Waals surface area (Å²) >= 11 is 0. The molecule has 0 rings (SSSR count). The molecule has 4 N–H and O–H groups in total. The Labute approximate surface area is 144 Å². The molecule has 0 bridgehead atoms. The third kappa shape index (κ3) is 18.1. The monoisotopic (exact) mass is 348 g/mol. The van der Waals surface area contributed by atoms with Crippen molar-refractivity contribution in [2.45, 2.75) is 89.9 Å². The highest BCUT2D eigenvalue weighted by molar-refractivity contribution is 7.91. The molecule has 4 nitrogen and oxygen atoms in total. The van der Waals surface area contributed by atoms with Gasteiger partial charge in [-0.3, -0.25) is 0 Å². The van der Waals surface area contributed by atoms with Crippen LogP contribution in [0.3, 0.4) is 0 Å². The zero-order valence-corrected chi connectivity index (χ0v) is 15.9. The maximum Gasteiger partial charge on any atom is 0.150 e. The van der Waals surface area contributed by atoms with Gasteiger partial charge < -0.3 is 11.5 Å². The minimum atomic E-state index is -2.82. The van der Waals surface area contributed by atoms with E-state index >= 15 is 0 Å². The first-order valence-corrected chi connectivity index (χ1v) is 11.5. The van der Waals surface area contributed by atoms with Gasteiger partial charge >= 0.3 is 0 Å². The van der Waals surface area contributed by atoms with Gasteiger partial charge in [0, 0.05) is 0 Å². The molecule has 0 saturated carbocycles. The van der Waals surface area contributed by atoms with Crippen LogP contribution in [0.1, 0.15) is 89.9 Å². The largest absolute Gasteiger partial charge is 0.330 e. The van der Waals surface area contributed by atoms with Gasteiger partial charge in [0.05, 0.1) is 11.5 Å². The molecule has 0 heterocycles. The summed E-state index contributed by atoms with van der Waals surface area (Å²) in [5.41, 5.74) is 10.9. The van der Waals surface area contributed by atoms with Gasteiger partial charge in [-0.1, -0.05) is 64.2 Å². The molecule has 0 fully saturated rings. The second-order valence-electron chi connectivity index (χ2n) is 6.68. The van der Waals surface area contributed by atoms with Crippen LogP contribution in [0.25, 0.3) is 0 Å². The lowest BCUT2D eigenvalue weighted by Crippen LogP contribution is -2.11. The van der Waals surface area contributed by atoms with Crippen LogP contribution in [0.4, 0.5) is 0 Å². The molecule has 0 aliphatic heterocycles. The zero-order valence-electron chi connectivity index (χ0n) is 15.1. The number of hydrogen-bond acceptors (Lipinski definition) is 4. The third-order valence-corrected chi connectivity index (χ3v) is 6.14. The highest BCUT2D eigenvalue weighted by atomic mass is 32.2.